The van der Waals surface area contributed by atoms with E-state index in [1.165, 1.54) is 22.3 Å². The minimum Gasteiger partial charge on any atom is -0.497 e. The SMILES string of the molecule is COc1cc(CCc2ccccc2CCc2cc(OC)cc(OC)c2)cc(OC)c1. The maximum atomic E-state index is 5.40. The van der Waals surface area contributed by atoms with Crippen LogP contribution in [0, 0.1) is 0 Å². The summed E-state index contributed by atoms with van der Waals surface area (Å²) in [4.78, 5) is 0. The Morgan fingerprint density at radius 1 is 0.467 bits per heavy atom. The third-order valence-electron chi connectivity index (χ3n) is 5.31. The van der Waals surface area contributed by atoms with Gasteiger partial charge in [-0.1, -0.05) is 24.3 Å². The van der Waals surface area contributed by atoms with E-state index in [-0.39, 0.29) is 0 Å². The van der Waals surface area contributed by atoms with E-state index < -0.39 is 0 Å². The van der Waals surface area contributed by atoms with Gasteiger partial charge in [-0.05, 0) is 72.2 Å². The van der Waals surface area contributed by atoms with E-state index in [0.717, 1.165) is 48.7 Å². The van der Waals surface area contributed by atoms with Crippen molar-refractivity contribution in [2.24, 2.45) is 0 Å². The van der Waals surface area contributed by atoms with Crippen molar-refractivity contribution >= 4 is 0 Å². The summed E-state index contributed by atoms with van der Waals surface area (Å²) in [6, 6.07) is 20.8. The van der Waals surface area contributed by atoms with Crippen molar-refractivity contribution < 1.29 is 18.9 Å². The molecule has 4 nitrogen and oxygen atoms in total. The summed E-state index contributed by atoms with van der Waals surface area (Å²) in [6.45, 7) is 0. The number of hydrogen-bond donors (Lipinski definition) is 0. The second kappa shape index (κ2) is 10.6. The molecule has 0 aromatic heterocycles. The molecule has 0 aliphatic rings. The molecule has 3 aromatic carbocycles. The van der Waals surface area contributed by atoms with Gasteiger partial charge < -0.3 is 18.9 Å². The van der Waals surface area contributed by atoms with Crippen LogP contribution in [0.3, 0.4) is 0 Å². The average molecular weight is 407 g/mol. The normalized spacial score (nSPS) is 10.5. The molecule has 3 aromatic rings. The summed E-state index contributed by atoms with van der Waals surface area (Å²) in [6.07, 6.45) is 3.79. The molecule has 0 atom stereocenters. The number of ether oxygens (including phenoxy) is 4. The maximum Gasteiger partial charge on any atom is 0.122 e. The fourth-order valence-electron chi connectivity index (χ4n) is 3.62. The number of benzene rings is 3. The third kappa shape index (κ3) is 5.69. The largest absolute Gasteiger partial charge is 0.497 e. The predicted molar refractivity (Wildman–Crippen MR) is 120 cm³/mol. The highest BCUT2D eigenvalue weighted by molar-refractivity contribution is 5.40. The van der Waals surface area contributed by atoms with E-state index in [4.69, 9.17) is 18.9 Å². The Morgan fingerprint density at radius 3 is 1.10 bits per heavy atom. The van der Waals surface area contributed by atoms with Gasteiger partial charge >= 0.3 is 0 Å². The molecule has 3 rings (SSSR count). The molecule has 0 N–H and O–H groups in total. The van der Waals surface area contributed by atoms with Gasteiger partial charge in [-0.3, -0.25) is 0 Å². The first-order valence-corrected chi connectivity index (χ1v) is 10.2. The van der Waals surface area contributed by atoms with Gasteiger partial charge in [-0.15, -0.1) is 0 Å². The molecule has 0 heterocycles. The van der Waals surface area contributed by atoms with E-state index in [9.17, 15) is 0 Å². The monoisotopic (exact) mass is 406 g/mol. The van der Waals surface area contributed by atoms with Gasteiger partial charge in [0, 0.05) is 12.1 Å². The molecule has 0 radical (unpaired) electrons. The molecule has 0 spiro atoms. The first kappa shape index (κ1) is 21.6. The Labute approximate surface area is 179 Å². The van der Waals surface area contributed by atoms with E-state index in [1.807, 2.05) is 12.1 Å². The average Bonchev–Trinajstić information content (AvgIpc) is 2.81. The van der Waals surface area contributed by atoms with Crippen molar-refractivity contribution in [3.05, 3.63) is 82.9 Å². The van der Waals surface area contributed by atoms with Gasteiger partial charge in [-0.2, -0.15) is 0 Å². The van der Waals surface area contributed by atoms with Gasteiger partial charge in [0.15, 0.2) is 0 Å². The van der Waals surface area contributed by atoms with E-state index in [1.54, 1.807) is 28.4 Å². The number of rotatable bonds is 10. The molecule has 0 saturated heterocycles. The van der Waals surface area contributed by atoms with Gasteiger partial charge in [0.2, 0.25) is 0 Å². The summed E-state index contributed by atoms with van der Waals surface area (Å²) in [5.74, 6) is 3.29. The number of methoxy groups -OCH3 is 4. The summed E-state index contributed by atoms with van der Waals surface area (Å²) < 4.78 is 21.6. The summed E-state index contributed by atoms with van der Waals surface area (Å²) in [7, 11) is 6.73. The minimum atomic E-state index is 0.824. The highest BCUT2D eigenvalue weighted by Gasteiger charge is 2.08. The van der Waals surface area contributed by atoms with Crippen molar-refractivity contribution in [3.8, 4) is 23.0 Å². The van der Waals surface area contributed by atoms with E-state index >= 15 is 0 Å². The van der Waals surface area contributed by atoms with Crippen LogP contribution in [0.2, 0.25) is 0 Å². The van der Waals surface area contributed by atoms with Crippen LogP contribution in [0.4, 0.5) is 0 Å². The third-order valence-corrected chi connectivity index (χ3v) is 5.31. The molecule has 158 valence electrons. The molecule has 0 amide bonds. The zero-order chi connectivity index (χ0) is 21.3. The Kier molecular flexibility index (Phi) is 7.61. The Bertz CT molecular complexity index is 842. The summed E-state index contributed by atoms with van der Waals surface area (Å²) in [5, 5.41) is 0. The molecule has 0 aliphatic carbocycles. The highest BCUT2D eigenvalue weighted by Crippen LogP contribution is 2.26. The van der Waals surface area contributed by atoms with Gasteiger partial charge in [0.25, 0.3) is 0 Å². The minimum absolute atomic E-state index is 0.824. The molecule has 0 fully saturated rings. The molecule has 0 aliphatic heterocycles. The lowest BCUT2D eigenvalue weighted by molar-refractivity contribution is 0.393. The van der Waals surface area contributed by atoms with Crippen LogP contribution in [-0.2, 0) is 25.7 Å². The van der Waals surface area contributed by atoms with E-state index in [0.29, 0.717) is 0 Å². The quantitative estimate of drug-likeness (QED) is 0.458. The molecular weight excluding hydrogens is 376 g/mol. The van der Waals surface area contributed by atoms with Crippen LogP contribution >= 0.6 is 0 Å². The second-order valence-electron chi connectivity index (χ2n) is 7.21. The molecule has 0 unspecified atom stereocenters. The standard InChI is InChI=1S/C26H30O4/c1-27-23-13-19(14-24(17-23)28-2)9-11-21-7-5-6-8-22(21)12-10-20-15-25(29-3)18-26(16-20)30-4/h5-8,13-18H,9-12H2,1-4H3. The maximum absolute atomic E-state index is 5.40. The van der Waals surface area contributed by atoms with Crippen LogP contribution in [0.1, 0.15) is 22.3 Å². The lowest BCUT2D eigenvalue weighted by atomic mass is 9.95. The topological polar surface area (TPSA) is 36.9 Å². The first-order chi connectivity index (χ1) is 14.6. The van der Waals surface area contributed by atoms with Crippen LogP contribution < -0.4 is 18.9 Å². The predicted octanol–water partition coefficient (Wildman–Crippen LogP) is 5.29. The van der Waals surface area contributed by atoms with Crippen LogP contribution in [0.5, 0.6) is 23.0 Å². The first-order valence-electron chi connectivity index (χ1n) is 10.2. The lowest BCUT2D eigenvalue weighted by Gasteiger charge is -2.12. The van der Waals surface area contributed by atoms with Crippen molar-refractivity contribution in [1.29, 1.82) is 0 Å². The van der Waals surface area contributed by atoms with Crippen LogP contribution in [-0.4, -0.2) is 28.4 Å². The lowest BCUT2D eigenvalue weighted by Crippen LogP contribution is -2.00. The van der Waals surface area contributed by atoms with Gasteiger partial charge in [0.1, 0.15) is 23.0 Å². The van der Waals surface area contributed by atoms with Crippen molar-refractivity contribution in [2.75, 3.05) is 28.4 Å². The fraction of sp³-hybridized carbons (Fsp3) is 0.308. The molecule has 4 heteroatoms. The second-order valence-corrected chi connectivity index (χ2v) is 7.21. The molecular formula is C26H30O4. The van der Waals surface area contributed by atoms with E-state index in [2.05, 4.69) is 48.5 Å². The number of hydrogen-bond acceptors (Lipinski definition) is 4. The fourth-order valence-corrected chi connectivity index (χ4v) is 3.62. The summed E-state index contributed by atoms with van der Waals surface area (Å²) in [5.41, 5.74) is 5.15. The van der Waals surface area contributed by atoms with Gasteiger partial charge in [-0.25, -0.2) is 0 Å². The zero-order valence-corrected chi connectivity index (χ0v) is 18.2. The Hall–Kier alpha value is -3.14. The smallest absolute Gasteiger partial charge is 0.122 e. The highest BCUT2D eigenvalue weighted by atomic mass is 16.5. The zero-order valence-electron chi connectivity index (χ0n) is 18.2. The van der Waals surface area contributed by atoms with Crippen molar-refractivity contribution in [1.82, 2.24) is 0 Å². The Morgan fingerprint density at radius 2 is 0.800 bits per heavy atom. The van der Waals surface area contributed by atoms with Gasteiger partial charge in [0.05, 0.1) is 28.4 Å². The summed E-state index contributed by atoms with van der Waals surface area (Å²) >= 11 is 0. The van der Waals surface area contributed by atoms with Crippen molar-refractivity contribution in [3.63, 3.8) is 0 Å². The van der Waals surface area contributed by atoms with Crippen LogP contribution in [0.15, 0.2) is 60.7 Å². The van der Waals surface area contributed by atoms with Crippen LogP contribution in [0.25, 0.3) is 0 Å². The van der Waals surface area contributed by atoms with Crippen molar-refractivity contribution in [2.45, 2.75) is 25.7 Å². The molecule has 0 saturated carbocycles. The Balaban J connectivity index is 1.71. The molecule has 30 heavy (non-hydrogen) atoms. The molecule has 0 bridgehead atoms. The number of aryl methyl sites for hydroxylation is 4.